The molecule has 0 unspecified atom stereocenters. The first-order valence-electron chi connectivity index (χ1n) is 6.83. The molecule has 6 heteroatoms. The molecule has 2 amide bonds. The van der Waals surface area contributed by atoms with Crippen LogP contribution in [0.1, 0.15) is 16.8 Å². The van der Waals surface area contributed by atoms with Gasteiger partial charge < -0.3 is 15.4 Å². The van der Waals surface area contributed by atoms with Gasteiger partial charge in [-0.3, -0.25) is 4.98 Å². The third kappa shape index (κ3) is 4.44. The Morgan fingerprint density at radius 3 is 2.86 bits per heavy atom. The summed E-state index contributed by atoms with van der Waals surface area (Å²) in [5, 5.41) is 6.21. The number of aromatic nitrogens is 1. The van der Waals surface area contributed by atoms with E-state index >= 15 is 0 Å². The van der Waals surface area contributed by atoms with Crippen molar-refractivity contribution < 1.29 is 9.53 Å². The van der Waals surface area contributed by atoms with Crippen molar-refractivity contribution in [2.24, 2.45) is 0 Å². The second-order valence-electron chi connectivity index (χ2n) is 4.79. The summed E-state index contributed by atoms with van der Waals surface area (Å²) in [4.78, 5) is 16.2. The van der Waals surface area contributed by atoms with Gasteiger partial charge in [-0.1, -0.05) is 17.7 Å². The van der Waals surface area contributed by atoms with Crippen LogP contribution < -0.4 is 10.6 Å². The van der Waals surface area contributed by atoms with Gasteiger partial charge in [-0.2, -0.15) is 0 Å². The van der Waals surface area contributed by atoms with Gasteiger partial charge in [0.25, 0.3) is 0 Å². The van der Waals surface area contributed by atoms with E-state index in [1.54, 1.807) is 31.5 Å². The van der Waals surface area contributed by atoms with E-state index in [1.807, 2.05) is 19.1 Å². The van der Waals surface area contributed by atoms with E-state index in [4.69, 9.17) is 16.3 Å². The number of anilines is 1. The van der Waals surface area contributed by atoms with Gasteiger partial charge in [-0.15, -0.1) is 0 Å². The van der Waals surface area contributed by atoms with Crippen molar-refractivity contribution in [2.45, 2.75) is 20.1 Å². The van der Waals surface area contributed by atoms with E-state index in [0.717, 1.165) is 16.8 Å². The Kier molecular flexibility index (Phi) is 5.75. The summed E-state index contributed by atoms with van der Waals surface area (Å²) in [6.07, 6.45) is 1.73. The standard InChI is InChI=1S/C16H18ClN3O2/c1-11-12(4-3-7-18-11)9-19-16(21)20-15-6-5-14(17)8-13(15)10-22-2/h3-8H,9-10H2,1-2H3,(H2,19,20,21). The second kappa shape index (κ2) is 7.77. The van der Waals surface area contributed by atoms with Crippen LogP contribution >= 0.6 is 11.6 Å². The second-order valence-corrected chi connectivity index (χ2v) is 5.23. The Morgan fingerprint density at radius 2 is 2.14 bits per heavy atom. The minimum atomic E-state index is -0.289. The SMILES string of the molecule is COCc1cc(Cl)ccc1NC(=O)NCc1cccnc1C. The first-order valence-corrected chi connectivity index (χ1v) is 7.20. The summed E-state index contributed by atoms with van der Waals surface area (Å²) in [5.41, 5.74) is 3.37. The molecule has 116 valence electrons. The van der Waals surface area contributed by atoms with Crippen molar-refractivity contribution >= 4 is 23.3 Å². The summed E-state index contributed by atoms with van der Waals surface area (Å²) in [6, 6.07) is 8.74. The van der Waals surface area contributed by atoms with Gasteiger partial charge >= 0.3 is 6.03 Å². The smallest absolute Gasteiger partial charge is 0.319 e. The van der Waals surface area contributed by atoms with E-state index in [2.05, 4.69) is 15.6 Å². The monoisotopic (exact) mass is 319 g/mol. The lowest BCUT2D eigenvalue weighted by molar-refractivity contribution is 0.185. The zero-order valence-electron chi connectivity index (χ0n) is 12.5. The molecule has 0 aliphatic rings. The van der Waals surface area contributed by atoms with Crippen LogP contribution in [-0.2, 0) is 17.9 Å². The summed E-state index contributed by atoms with van der Waals surface area (Å²) in [5.74, 6) is 0. The number of pyridine rings is 1. The fourth-order valence-corrected chi connectivity index (χ4v) is 2.20. The molecule has 0 saturated carbocycles. The van der Waals surface area contributed by atoms with Crippen LogP contribution in [0.3, 0.4) is 0 Å². The van der Waals surface area contributed by atoms with Gasteiger partial charge in [-0.25, -0.2) is 4.79 Å². The summed E-state index contributed by atoms with van der Waals surface area (Å²) >= 11 is 5.96. The number of amides is 2. The minimum absolute atomic E-state index is 0.289. The minimum Gasteiger partial charge on any atom is -0.380 e. The zero-order valence-corrected chi connectivity index (χ0v) is 13.3. The largest absolute Gasteiger partial charge is 0.380 e. The van der Waals surface area contributed by atoms with Crippen molar-refractivity contribution in [3.8, 4) is 0 Å². The Balaban J connectivity index is 1.99. The molecular formula is C16H18ClN3O2. The Labute approximate surface area is 134 Å². The maximum absolute atomic E-state index is 12.0. The van der Waals surface area contributed by atoms with E-state index in [-0.39, 0.29) is 6.03 Å². The van der Waals surface area contributed by atoms with Gasteiger partial charge in [0.1, 0.15) is 0 Å². The summed E-state index contributed by atoms with van der Waals surface area (Å²) < 4.78 is 5.11. The molecule has 0 fully saturated rings. The first-order chi connectivity index (χ1) is 10.6. The number of methoxy groups -OCH3 is 1. The molecule has 2 rings (SSSR count). The Morgan fingerprint density at radius 1 is 1.32 bits per heavy atom. The lowest BCUT2D eigenvalue weighted by Crippen LogP contribution is -2.29. The molecule has 2 N–H and O–H groups in total. The highest BCUT2D eigenvalue weighted by molar-refractivity contribution is 6.30. The predicted molar refractivity (Wildman–Crippen MR) is 87.0 cm³/mol. The highest BCUT2D eigenvalue weighted by Crippen LogP contribution is 2.21. The van der Waals surface area contributed by atoms with Crippen LogP contribution in [0.4, 0.5) is 10.5 Å². The van der Waals surface area contributed by atoms with Crippen LogP contribution in [0.5, 0.6) is 0 Å². The molecule has 5 nitrogen and oxygen atoms in total. The molecule has 1 heterocycles. The van der Waals surface area contributed by atoms with Crippen molar-refractivity contribution in [3.63, 3.8) is 0 Å². The number of hydrogen-bond acceptors (Lipinski definition) is 3. The van der Waals surface area contributed by atoms with Crippen LogP contribution in [-0.4, -0.2) is 18.1 Å². The molecule has 0 radical (unpaired) electrons. The summed E-state index contributed by atoms with van der Waals surface area (Å²) in [6.45, 7) is 2.70. The molecule has 2 aromatic rings. The predicted octanol–water partition coefficient (Wildman–Crippen LogP) is 3.51. The number of urea groups is 1. The molecule has 1 aromatic carbocycles. The fourth-order valence-electron chi connectivity index (χ4n) is 2.01. The van der Waals surface area contributed by atoms with Gasteiger partial charge in [0.15, 0.2) is 0 Å². The molecule has 0 spiro atoms. The number of hydrogen-bond donors (Lipinski definition) is 2. The number of carbonyl (C=O) groups excluding carboxylic acids is 1. The van der Waals surface area contributed by atoms with Gasteiger partial charge in [0.2, 0.25) is 0 Å². The molecular weight excluding hydrogens is 302 g/mol. The summed E-state index contributed by atoms with van der Waals surface area (Å²) in [7, 11) is 1.59. The van der Waals surface area contributed by atoms with E-state index in [1.165, 1.54) is 0 Å². The highest BCUT2D eigenvalue weighted by Gasteiger charge is 2.08. The first kappa shape index (κ1) is 16.3. The number of aryl methyl sites for hydroxylation is 1. The molecule has 0 atom stereocenters. The van der Waals surface area contributed by atoms with Crippen LogP contribution in [0, 0.1) is 6.92 Å². The number of benzene rings is 1. The number of nitrogens with one attached hydrogen (secondary N) is 2. The topological polar surface area (TPSA) is 63.2 Å². The molecule has 0 saturated heterocycles. The van der Waals surface area contributed by atoms with E-state index in [0.29, 0.717) is 23.9 Å². The van der Waals surface area contributed by atoms with Crippen molar-refractivity contribution in [1.82, 2.24) is 10.3 Å². The maximum atomic E-state index is 12.0. The third-order valence-electron chi connectivity index (χ3n) is 3.17. The van der Waals surface area contributed by atoms with Crippen molar-refractivity contribution in [1.29, 1.82) is 0 Å². The van der Waals surface area contributed by atoms with Gasteiger partial charge in [0, 0.05) is 41.8 Å². The number of rotatable bonds is 5. The zero-order chi connectivity index (χ0) is 15.9. The normalized spacial score (nSPS) is 10.3. The van der Waals surface area contributed by atoms with Crippen molar-refractivity contribution in [3.05, 3.63) is 58.4 Å². The van der Waals surface area contributed by atoms with Crippen molar-refractivity contribution in [2.75, 3.05) is 12.4 Å². The Bertz CT molecular complexity index is 662. The van der Waals surface area contributed by atoms with E-state index < -0.39 is 0 Å². The van der Waals surface area contributed by atoms with Crippen LogP contribution in [0.15, 0.2) is 36.5 Å². The quantitative estimate of drug-likeness (QED) is 0.886. The molecule has 0 bridgehead atoms. The van der Waals surface area contributed by atoms with Crippen LogP contribution in [0.25, 0.3) is 0 Å². The lowest BCUT2D eigenvalue weighted by atomic mass is 10.2. The average Bonchev–Trinajstić information content (AvgIpc) is 2.49. The Hall–Kier alpha value is -2.11. The average molecular weight is 320 g/mol. The van der Waals surface area contributed by atoms with Gasteiger partial charge in [0.05, 0.1) is 6.61 Å². The number of carbonyl (C=O) groups is 1. The van der Waals surface area contributed by atoms with Crippen LogP contribution in [0.2, 0.25) is 5.02 Å². The third-order valence-corrected chi connectivity index (χ3v) is 3.41. The molecule has 22 heavy (non-hydrogen) atoms. The van der Waals surface area contributed by atoms with E-state index in [9.17, 15) is 4.79 Å². The molecule has 0 aliphatic heterocycles. The number of halogens is 1. The maximum Gasteiger partial charge on any atom is 0.319 e. The highest BCUT2D eigenvalue weighted by atomic mass is 35.5. The molecule has 0 aliphatic carbocycles. The van der Waals surface area contributed by atoms with Gasteiger partial charge in [-0.05, 0) is 36.8 Å². The fraction of sp³-hybridized carbons (Fsp3) is 0.250. The number of ether oxygens (including phenoxy) is 1. The lowest BCUT2D eigenvalue weighted by Gasteiger charge is -2.12. The number of nitrogens with zero attached hydrogens (tertiary/aromatic N) is 1. The molecule has 1 aromatic heterocycles.